The van der Waals surface area contributed by atoms with Crippen molar-refractivity contribution in [3.05, 3.63) is 34.9 Å². The van der Waals surface area contributed by atoms with Gasteiger partial charge in [-0.2, -0.15) is 0 Å². The maximum absolute atomic E-state index is 12.5. The summed E-state index contributed by atoms with van der Waals surface area (Å²) in [6.45, 7) is 3.36. The zero-order valence-corrected chi connectivity index (χ0v) is 17.8. The maximum Gasteiger partial charge on any atom is 0.246 e. The first kappa shape index (κ1) is 23.6. The highest BCUT2D eigenvalue weighted by Crippen LogP contribution is 2.25. The van der Waals surface area contributed by atoms with Crippen molar-refractivity contribution in [2.45, 2.75) is 51.4 Å². The molecule has 0 radical (unpaired) electrons. The molecule has 1 aliphatic carbocycles. The third kappa shape index (κ3) is 7.26. The number of rotatable bonds is 9. The van der Waals surface area contributed by atoms with Crippen LogP contribution >= 0.6 is 12.4 Å². The molecule has 0 atom stereocenters. The first-order valence-electron chi connectivity index (χ1n) is 10.1. The van der Waals surface area contributed by atoms with E-state index in [1.54, 1.807) is 7.11 Å². The average molecular weight is 426 g/mol. The number of nitrogens with one attached hydrogen (secondary N) is 3. The van der Waals surface area contributed by atoms with Crippen LogP contribution in [0.15, 0.2) is 18.2 Å². The number of carbonyl (C=O) groups excluding carboxylic acids is 2. The highest BCUT2D eigenvalue weighted by atomic mass is 35.5. The summed E-state index contributed by atoms with van der Waals surface area (Å²) in [4.78, 5) is 24.4. The second kappa shape index (κ2) is 12.1. The van der Waals surface area contributed by atoms with Gasteiger partial charge in [0.2, 0.25) is 11.8 Å². The molecule has 2 amide bonds. The van der Waals surface area contributed by atoms with E-state index in [0.717, 1.165) is 44.3 Å². The molecule has 8 heteroatoms. The number of hydrogen-bond acceptors (Lipinski definition) is 5. The van der Waals surface area contributed by atoms with Crippen LogP contribution in [0.4, 0.5) is 0 Å². The number of ether oxygens (including phenoxy) is 2. The highest BCUT2D eigenvalue weighted by molar-refractivity contribution is 5.85. The lowest BCUT2D eigenvalue weighted by Crippen LogP contribution is -2.42. The molecule has 0 bridgehead atoms. The van der Waals surface area contributed by atoms with Gasteiger partial charge in [0.05, 0.1) is 13.2 Å². The zero-order valence-electron chi connectivity index (χ0n) is 17.0. The molecule has 29 heavy (non-hydrogen) atoms. The summed E-state index contributed by atoms with van der Waals surface area (Å²) in [5.74, 6) is 0.0450. The number of halogens is 1. The van der Waals surface area contributed by atoms with Gasteiger partial charge >= 0.3 is 0 Å². The SMILES string of the molecule is COCCOCC(=O)NC1CCC(C(=O)NCc2ccc3c(c2)CNC3)CC1.Cl. The summed E-state index contributed by atoms with van der Waals surface area (Å²) in [6.07, 6.45) is 3.25. The fourth-order valence-corrected chi connectivity index (χ4v) is 3.87. The topological polar surface area (TPSA) is 88.7 Å². The molecule has 0 spiro atoms. The van der Waals surface area contributed by atoms with Gasteiger partial charge in [-0.05, 0) is 42.4 Å². The zero-order chi connectivity index (χ0) is 19.8. The standard InChI is InChI=1S/C21H31N3O4.ClH/c1-27-8-9-28-14-20(25)24-19-6-4-16(5-7-19)21(26)23-11-15-2-3-17-12-22-13-18(17)10-15;/h2-3,10,16,19,22H,4-9,11-14H2,1H3,(H,23,26)(H,24,25);1H. The largest absolute Gasteiger partial charge is 0.382 e. The lowest BCUT2D eigenvalue weighted by atomic mass is 9.85. The number of hydrogen-bond donors (Lipinski definition) is 3. The van der Waals surface area contributed by atoms with Gasteiger partial charge in [0.15, 0.2) is 0 Å². The van der Waals surface area contributed by atoms with Crippen molar-refractivity contribution in [1.82, 2.24) is 16.0 Å². The van der Waals surface area contributed by atoms with Crippen LogP contribution in [0.25, 0.3) is 0 Å². The third-order valence-electron chi connectivity index (χ3n) is 5.50. The molecule has 0 saturated heterocycles. The summed E-state index contributed by atoms with van der Waals surface area (Å²) in [5, 5.41) is 9.41. The van der Waals surface area contributed by atoms with E-state index in [2.05, 4.69) is 34.1 Å². The summed E-state index contributed by atoms with van der Waals surface area (Å²) in [5.41, 5.74) is 3.82. The van der Waals surface area contributed by atoms with Crippen LogP contribution < -0.4 is 16.0 Å². The average Bonchev–Trinajstić information content (AvgIpc) is 3.18. The van der Waals surface area contributed by atoms with Crippen LogP contribution in [0.5, 0.6) is 0 Å². The van der Waals surface area contributed by atoms with Gasteiger partial charge in [-0.15, -0.1) is 12.4 Å². The van der Waals surface area contributed by atoms with E-state index in [1.807, 2.05) is 0 Å². The Balaban J connectivity index is 0.00000300. The molecular weight excluding hydrogens is 394 g/mol. The maximum atomic E-state index is 12.5. The summed E-state index contributed by atoms with van der Waals surface area (Å²) >= 11 is 0. The van der Waals surface area contributed by atoms with Crippen LogP contribution in [-0.4, -0.2) is 44.8 Å². The first-order chi connectivity index (χ1) is 13.7. The van der Waals surface area contributed by atoms with Gasteiger partial charge in [-0.1, -0.05) is 18.2 Å². The van der Waals surface area contributed by atoms with Crippen molar-refractivity contribution >= 4 is 24.2 Å². The number of benzene rings is 1. The summed E-state index contributed by atoms with van der Waals surface area (Å²) in [6, 6.07) is 6.54. The number of fused-ring (bicyclic) bond motifs is 1. The first-order valence-corrected chi connectivity index (χ1v) is 10.1. The van der Waals surface area contributed by atoms with Crippen molar-refractivity contribution in [3.8, 4) is 0 Å². The van der Waals surface area contributed by atoms with Crippen molar-refractivity contribution in [1.29, 1.82) is 0 Å². The lowest BCUT2D eigenvalue weighted by Gasteiger charge is -2.28. The van der Waals surface area contributed by atoms with E-state index < -0.39 is 0 Å². The van der Waals surface area contributed by atoms with Crippen molar-refractivity contribution < 1.29 is 19.1 Å². The van der Waals surface area contributed by atoms with Gasteiger partial charge in [0.1, 0.15) is 6.61 Å². The Morgan fingerprint density at radius 1 is 1.10 bits per heavy atom. The van der Waals surface area contributed by atoms with E-state index in [9.17, 15) is 9.59 Å². The predicted molar refractivity (Wildman–Crippen MR) is 113 cm³/mol. The molecule has 7 nitrogen and oxygen atoms in total. The minimum atomic E-state index is -0.102. The van der Waals surface area contributed by atoms with Crippen LogP contribution in [-0.2, 0) is 38.7 Å². The molecule has 1 heterocycles. The number of methoxy groups -OCH3 is 1. The summed E-state index contributed by atoms with van der Waals surface area (Å²) < 4.78 is 10.1. The Hall–Kier alpha value is -1.67. The van der Waals surface area contributed by atoms with E-state index in [0.29, 0.717) is 19.8 Å². The molecular formula is C21H32ClN3O4. The molecule has 1 saturated carbocycles. The molecule has 0 aromatic heterocycles. The van der Waals surface area contributed by atoms with Crippen molar-refractivity contribution in [3.63, 3.8) is 0 Å². The fraction of sp³-hybridized carbons (Fsp3) is 0.619. The quantitative estimate of drug-likeness (QED) is 0.524. The number of amides is 2. The second-order valence-corrected chi connectivity index (χ2v) is 7.59. The molecule has 1 aliphatic heterocycles. The minimum Gasteiger partial charge on any atom is -0.382 e. The Morgan fingerprint density at radius 3 is 2.62 bits per heavy atom. The van der Waals surface area contributed by atoms with Crippen molar-refractivity contribution in [2.24, 2.45) is 5.92 Å². The van der Waals surface area contributed by atoms with Gasteiger partial charge in [0, 0.05) is 38.7 Å². The molecule has 0 unspecified atom stereocenters. The van der Waals surface area contributed by atoms with Gasteiger partial charge in [-0.25, -0.2) is 0 Å². The number of carbonyl (C=O) groups is 2. The van der Waals surface area contributed by atoms with Crippen LogP contribution in [0, 0.1) is 5.92 Å². The van der Waals surface area contributed by atoms with E-state index in [1.165, 1.54) is 11.1 Å². The summed E-state index contributed by atoms with van der Waals surface area (Å²) in [7, 11) is 1.60. The normalized spacial score (nSPS) is 20.4. The lowest BCUT2D eigenvalue weighted by molar-refractivity contribution is -0.127. The Morgan fingerprint density at radius 2 is 1.86 bits per heavy atom. The predicted octanol–water partition coefficient (Wildman–Crippen LogP) is 1.67. The fourth-order valence-electron chi connectivity index (χ4n) is 3.87. The third-order valence-corrected chi connectivity index (χ3v) is 5.50. The molecule has 3 rings (SSSR count). The monoisotopic (exact) mass is 425 g/mol. The van der Waals surface area contributed by atoms with E-state index >= 15 is 0 Å². The van der Waals surface area contributed by atoms with Crippen LogP contribution in [0.1, 0.15) is 42.4 Å². The molecule has 3 N–H and O–H groups in total. The van der Waals surface area contributed by atoms with Crippen molar-refractivity contribution in [2.75, 3.05) is 26.9 Å². The molecule has 1 aromatic carbocycles. The molecule has 2 aliphatic rings. The second-order valence-electron chi connectivity index (χ2n) is 7.59. The van der Waals surface area contributed by atoms with Gasteiger partial charge in [-0.3, -0.25) is 9.59 Å². The van der Waals surface area contributed by atoms with E-state index in [-0.39, 0.29) is 42.8 Å². The smallest absolute Gasteiger partial charge is 0.246 e. The molecule has 162 valence electrons. The minimum absolute atomic E-state index is 0. The van der Waals surface area contributed by atoms with E-state index in [4.69, 9.17) is 9.47 Å². The van der Waals surface area contributed by atoms with Crippen LogP contribution in [0.2, 0.25) is 0 Å². The molecule has 1 fully saturated rings. The Labute approximate surface area is 178 Å². The Kier molecular flexibility index (Phi) is 9.87. The Bertz CT molecular complexity index is 678. The van der Waals surface area contributed by atoms with Gasteiger partial charge < -0.3 is 25.4 Å². The highest BCUT2D eigenvalue weighted by Gasteiger charge is 2.27. The molecule has 1 aromatic rings. The van der Waals surface area contributed by atoms with Gasteiger partial charge in [0.25, 0.3) is 0 Å². The van der Waals surface area contributed by atoms with Crippen LogP contribution in [0.3, 0.4) is 0 Å².